The maximum Gasteiger partial charge on any atom is 0.262 e. The number of alkyl halides is 1. The highest BCUT2D eigenvalue weighted by atomic mass is 19.1. The molecule has 0 radical (unpaired) electrons. The molecule has 0 atom stereocenters. The van der Waals surface area contributed by atoms with E-state index in [1.165, 1.54) is 18.1 Å². The summed E-state index contributed by atoms with van der Waals surface area (Å²) >= 11 is 0. The van der Waals surface area contributed by atoms with Crippen molar-refractivity contribution >= 4 is 17.5 Å². The normalized spacial score (nSPS) is 16.6. The van der Waals surface area contributed by atoms with Gasteiger partial charge in [-0.3, -0.25) is 9.59 Å². The van der Waals surface area contributed by atoms with E-state index >= 15 is 0 Å². The maximum absolute atomic E-state index is 14.9. The van der Waals surface area contributed by atoms with Gasteiger partial charge in [0.2, 0.25) is 5.91 Å². The third-order valence-electron chi connectivity index (χ3n) is 4.14. The van der Waals surface area contributed by atoms with Crippen LogP contribution in [0.15, 0.2) is 30.9 Å². The Bertz CT molecular complexity index is 622. The summed E-state index contributed by atoms with van der Waals surface area (Å²) in [5.41, 5.74) is -0.633. The molecule has 2 rings (SSSR count). The average Bonchev–Trinajstić information content (AvgIpc) is 2.56. The molecule has 0 saturated carbocycles. The number of nitrogens with one attached hydrogen (secondary N) is 1. The topological polar surface area (TPSA) is 58.6 Å². The van der Waals surface area contributed by atoms with E-state index in [0.29, 0.717) is 11.4 Å². The zero-order valence-corrected chi connectivity index (χ0v) is 13.4. The van der Waals surface area contributed by atoms with Crippen molar-refractivity contribution in [3.8, 4) is 5.75 Å². The number of likely N-dealkylation sites (tertiary alicyclic amines) is 1. The minimum atomic E-state index is -1.98. The molecule has 0 aromatic heterocycles. The lowest BCUT2D eigenvalue weighted by atomic mass is 9.92. The second-order valence-corrected chi connectivity index (χ2v) is 5.63. The molecule has 1 aliphatic rings. The minimum Gasteiger partial charge on any atom is -0.497 e. The number of hydrogen-bond donors (Lipinski definition) is 1. The molecule has 0 spiro atoms. The van der Waals surface area contributed by atoms with Crippen molar-refractivity contribution in [2.24, 2.45) is 0 Å². The Kier molecular flexibility index (Phi) is 5.03. The van der Waals surface area contributed by atoms with Crippen LogP contribution in [-0.4, -0.2) is 42.6 Å². The number of carbonyl (C=O) groups is 2. The van der Waals surface area contributed by atoms with Crippen LogP contribution in [0.1, 0.15) is 18.4 Å². The Morgan fingerprint density at radius 2 is 2.04 bits per heavy atom. The highest BCUT2D eigenvalue weighted by Crippen LogP contribution is 2.30. The summed E-state index contributed by atoms with van der Waals surface area (Å²) in [6.45, 7) is 5.64. The Morgan fingerprint density at radius 3 is 2.61 bits per heavy atom. The number of amides is 2. The number of benzene rings is 1. The first-order valence-corrected chi connectivity index (χ1v) is 7.46. The summed E-state index contributed by atoms with van der Waals surface area (Å²) < 4.78 is 20.0. The molecule has 124 valence electrons. The van der Waals surface area contributed by atoms with E-state index in [4.69, 9.17) is 4.74 Å². The van der Waals surface area contributed by atoms with Crippen molar-refractivity contribution in [1.29, 1.82) is 0 Å². The van der Waals surface area contributed by atoms with Gasteiger partial charge in [0.15, 0.2) is 5.67 Å². The van der Waals surface area contributed by atoms with Crippen LogP contribution >= 0.6 is 0 Å². The van der Waals surface area contributed by atoms with Gasteiger partial charge in [-0.25, -0.2) is 4.39 Å². The van der Waals surface area contributed by atoms with Crippen molar-refractivity contribution in [2.75, 3.05) is 25.5 Å². The van der Waals surface area contributed by atoms with Gasteiger partial charge in [-0.1, -0.05) is 12.6 Å². The largest absolute Gasteiger partial charge is 0.497 e. The molecule has 1 heterocycles. The second kappa shape index (κ2) is 6.81. The lowest BCUT2D eigenvalue weighted by molar-refractivity contribution is -0.136. The van der Waals surface area contributed by atoms with E-state index in [-0.39, 0.29) is 31.8 Å². The smallest absolute Gasteiger partial charge is 0.262 e. The Balaban J connectivity index is 2.06. The highest BCUT2D eigenvalue weighted by molar-refractivity contribution is 5.98. The molecule has 2 amide bonds. The van der Waals surface area contributed by atoms with E-state index in [1.54, 1.807) is 18.2 Å². The molecule has 0 aliphatic carbocycles. The quantitative estimate of drug-likeness (QED) is 0.867. The molecular weight excluding hydrogens is 299 g/mol. The summed E-state index contributed by atoms with van der Waals surface area (Å²) in [5, 5.41) is 2.64. The SMILES string of the molecule is C=CC(=O)N1CCC(F)(C(=O)Nc2cc(OC)ccc2C)CC1. The number of rotatable bonds is 4. The van der Waals surface area contributed by atoms with Crippen LogP contribution in [0.4, 0.5) is 10.1 Å². The van der Waals surface area contributed by atoms with Gasteiger partial charge in [0, 0.05) is 37.7 Å². The van der Waals surface area contributed by atoms with Crippen LogP contribution in [-0.2, 0) is 9.59 Å². The first-order valence-electron chi connectivity index (χ1n) is 7.46. The average molecular weight is 320 g/mol. The third kappa shape index (κ3) is 3.70. The molecule has 1 aliphatic heterocycles. The number of halogens is 1. The standard InChI is InChI=1S/C17H21FN2O3/c1-4-15(21)20-9-7-17(18,8-10-20)16(22)19-14-11-13(23-3)6-5-12(14)2/h4-6,11H,1,7-10H2,2-3H3,(H,19,22). The van der Waals surface area contributed by atoms with Crippen molar-refractivity contribution in [3.63, 3.8) is 0 Å². The summed E-state index contributed by atoms with van der Waals surface area (Å²) in [4.78, 5) is 25.4. The van der Waals surface area contributed by atoms with Gasteiger partial charge in [0.25, 0.3) is 5.91 Å². The van der Waals surface area contributed by atoms with Gasteiger partial charge < -0.3 is 15.0 Å². The fourth-order valence-electron chi connectivity index (χ4n) is 2.53. The van der Waals surface area contributed by atoms with E-state index in [9.17, 15) is 14.0 Å². The number of ether oxygens (including phenoxy) is 1. The molecule has 1 aromatic rings. The van der Waals surface area contributed by atoms with Crippen LogP contribution in [0.3, 0.4) is 0 Å². The van der Waals surface area contributed by atoms with E-state index in [0.717, 1.165) is 5.56 Å². The number of anilines is 1. The van der Waals surface area contributed by atoms with Gasteiger partial charge >= 0.3 is 0 Å². The van der Waals surface area contributed by atoms with Gasteiger partial charge in [-0.05, 0) is 24.6 Å². The monoisotopic (exact) mass is 320 g/mol. The number of methoxy groups -OCH3 is 1. The molecule has 23 heavy (non-hydrogen) atoms. The molecule has 1 aromatic carbocycles. The number of nitrogens with zero attached hydrogens (tertiary/aromatic N) is 1. The highest BCUT2D eigenvalue weighted by Gasteiger charge is 2.42. The first kappa shape index (κ1) is 17.0. The van der Waals surface area contributed by atoms with Crippen molar-refractivity contribution in [3.05, 3.63) is 36.4 Å². The fourth-order valence-corrected chi connectivity index (χ4v) is 2.53. The predicted octanol–water partition coefficient (Wildman–Crippen LogP) is 2.46. The maximum atomic E-state index is 14.9. The summed E-state index contributed by atoms with van der Waals surface area (Å²) in [6.07, 6.45) is 1.15. The van der Waals surface area contributed by atoms with Crippen LogP contribution < -0.4 is 10.1 Å². The fraction of sp³-hybridized carbons (Fsp3) is 0.412. The van der Waals surface area contributed by atoms with Gasteiger partial charge in [0.1, 0.15) is 5.75 Å². The molecule has 0 bridgehead atoms. The molecule has 6 heteroatoms. The van der Waals surface area contributed by atoms with Gasteiger partial charge in [0.05, 0.1) is 7.11 Å². The first-order chi connectivity index (χ1) is 10.9. The zero-order valence-electron chi connectivity index (χ0n) is 13.4. The van der Waals surface area contributed by atoms with Crippen LogP contribution in [0.2, 0.25) is 0 Å². The second-order valence-electron chi connectivity index (χ2n) is 5.63. The summed E-state index contributed by atoms with van der Waals surface area (Å²) in [5.74, 6) is -0.333. The third-order valence-corrected chi connectivity index (χ3v) is 4.14. The van der Waals surface area contributed by atoms with E-state index in [1.807, 2.05) is 6.92 Å². The summed E-state index contributed by atoms with van der Waals surface area (Å²) in [6, 6.07) is 5.23. The lowest BCUT2D eigenvalue weighted by Crippen LogP contribution is -2.50. The summed E-state index contributed by atoms with van der Waals surface area (Å²) in [7, 11) is 1.53. The van der Waals surface area contributed by atoms with E-state index < -0.39 is 11.6 Å². The number of carbonyl (C=O) groups excluding carboxylic acids is 2. The molecule has 1 saturated heterocycles. The predicted molar refractivity (Wildman–Crippen MR) is 86.2 cm³/mol. The minimum absolute atomic E-state index is 0.0264. The number of piperidine rings is 1. The Morgan fingerprint density at radius 1 is 1.39 bits per heavy atom. The zero-order chi connectivity index (χ0) is 17.0. The number of aryl methyl sites for hydroxylation is 1. The number of hydrogen-bond acceptors (Lipinski definition) is 3. The molecule has 1 N–H and O–H groups in total. The van der Waals surface area contributed by atoms with Gasteiger partial charge in [-0.15, -0.1) is 0 Å². The van der Waals surface area contributed by atoms with Crippen LogP contribution in [0, 0.1) is 6.92 Å². The Hall–Kier alpha value is -2.37. The molecule has 1 fully saturated rings. The van der Waals surface area contributed by atoms with Crippen LogP contribution in [0.25, 0.3) is 0 Å². The van der Waals surface area contributed by atoms with Crippen molar-refractivity contribution < 1.29 is 18.7 Å². The molecule has 5 nitrogen and oxygen atoms in total. The van der Waals surface area contributed by atoms with Gasteiger partial charge in [-0.2, -0.15) is 0 Å². The Labute approximate surface area is 135 Å². The van der Waals surface area contributed by atoms with Crippen molar-refractivity contribution in [2.45, 2.75) is 25.4 Å². The van der Waals surface area contributed by atoms with Crippen molar-refractivity contribution in [1.82, 2.24) is 4.90 Å². The molecule has 0 unspecified atom stereocenters. The van der Waals surface area contributed by atoms with Crippen LogP contribution in [0.5, 0.6) is 5.75 Å². The lowest BCUT2D eigenvalue weighted by Gasteiger charge is -2.35. The molecular formula is C17H21FN2O3. The van der Waals surface area contributed by atoms with E-state index in [2.05, 4.69) is 11.9 Å².